The third-order valence-electron chi connectivity index (χ3n) is 5.98. The molecule has 4 rings (SSSR count). The molecular weight excluding hydrogens is 466 g/mol. The van der Waals surface area contributed by atoms with Gasteiger partial charge >= 0.3 is 0 Å². The van der Waals surface area contributed by atoms with Crippen LogP contribution in [-0.2, 0) is 10.0 Å². The SMILES string of the molecule is CCOc1ccc(S(=O)(=O)Nc2cccc(C(=O)NC[C@H](c3ccco3)N3CCCCC3)c2)cc1. The predicted molar refractivity (Wildman–Crippen MR) is 134 cm³/mol. The van der Waals surface area contributed by atoms with Crippen LogP contribution in [-0.4, -0.2) is 45.5 Å². The number of rotatable bonds is 10. The molecule has 0 aliphatic carbocycles. The van der Waals surface area contributed by atoms with E-state index in [1.165, 1.54) is 24.6 Å². The van der Waals surface area contributed by atoms with E-state index in [9.17, 15) is 13.2 Å². The van der Waals surface area contributed by atoms with Gasteiger partial charge in [0.05, 0.1) is 23.8 Å². The Morgan fingerprint density at radius 2 is 1.83 bits per heavy atom. The third kappa shape index (κ3) is 6.43. The number of carbonyl (C=O) groups is 1. The first-order chi connectivity index (χ1) is 17.0. The average Bonchev–Trinajstić information content (AvgIpc) is 3.40. The molecule has 2 heterocycles. The number of nitrogens with zero attached hydrogens (tertiary/aromatic N) is 1. The summed E-state index contributed by atoms with van der Waals surface area (Å²) in [6, 6.07) is 16.4. The van der Waals surface area contributed by atoms with Crippen molar-refractivity contribution in [2.75, 3.05) is 31.0 Å². The summed E-state index contributed by atoms with van der Waals surface area (Å²) in [6.07, 6.45) is 5.12. The number of furan rings is 1. The molecule has 1 aliphatic rings. The van der Waals surface area contributed by atoms with Crippen molar-refractivity contribution in [3.8, 4) is 5.75 Å². The van der Waals surface area contributed by atoms with Crippen molar-refractivity contribution >= 4 is 21.6 Å². The predicted octanol–water partition coefficient (Wildman–Crippen LogP) is 4.44. The fourth-order valence-corrected chi connectivity index (χ4v) is 5.28. The van der Waals surface area contributed by atoms with Gasteiger partial charge in [-0.2, -0.15) is 0 Å². The molecule has 3 aromatic rings. The molecule has 0 unspecified atom stereocenters. The summed E-state index contributed by atoms with van der Waals surface area (Å²) in [7, 11) is -3.81. The minimum absolute atomic E-state index is 0.0457. The lowest BCUT2D eigenvalue weighted by molar-refractivity contribution is 0.0914. The summed E-state index contributed by atoms with van der Waals surface area (Å²) in [4.78, 5) is 15.4. The average molecular weight is 498 g/mol. The second-order valence-electron chi connectivity index (χ2n) is 8.43. The number of hydrogen-bond donors (Lipinski definition) is 2. The Hall–Kier alpha value is -3.30. The molecule has 1 amide bonds. The van der Waals surface area contributed by atoms with E-state index >= 15 is 0 Å². The molecule has 0 saturated carbocycles. The zero-order valence-corrected chi connectivity index (χ0v) is 20.6. The van der Waals surface area contributed by atoms with Gasteiger partial charge in [0.15, 0.2) is 0 Å². The number of piperidine rings is 1. The molecule has 8 nitrogen and oxygen atoms in total. The van der Waals surface area contributed by atoms with Crippen LogP contribution in [0, 0.1) is 0 Å². The molecule has 1 aliphatic heterocycles. The van der Waals surface area contributed by atoms with E-state index in [1.807, 2.05) is 19.1 Å². The zero-order valence-electron chi connectivity index (χ0n) is 19.8. The molecule has 1 aromatic heterocycles. The van der Waals surface area contributed by atoms with Gasteiger partial charge in [-0.05, 0) is 87.5 Å². The highest BCUT2D eigenvalue weighted by Crippen LogP contribution is 2.25. The quantitative estimate of drug-likeness (QED) is 0.430. The monoisotopic (exact) mass is 497 g/mol. The molecule has 2 N–H and O–H groups in total. The molecule has 0 bridgehead atoms. The summed E-state index contributed by atoms with van der Waals surface area (Å²) < 4.78 is 39.2. The van der Waals surface area contributed by atoms with Crippen molar-refractivity contribution in [3.63, 3.8) is 0 Å². The van der Waals surface area contributed by atoms with Gasteiger partial charge in [0.25, 0.3) is 15.9 Å². The second kappa shape index (κ2) is 11.4. The van der Waals surface area contributed by atoms with Crippen molar-refractivity contribution in [2.24, 2.45) is 0 Å². The Balaban J connectivity index is 1.42. The molecule has 2 aromatic carbocycles. The molecule has 35 heavy (non-hydrogen) atoms. The minimum Gasteiger partial charge on any atom is -0.494 e. The summed E-state index contributed by atoms with van der Waals surface area (Å²) in [5, 5.41) is 2.99. The van der Waals surface area contributed by atoms with Gasteiger partial charge in [-0.1, -0.05) is 12.5 Å². The van der Waals surface area contributed by atoms with Crippen molar-refractivity contribution in [2.45, 2.75) is 37.1 Å². The molecular formula is C26H31N3O5S. The van der Waals surface area contributed by atoms with E-state index in [4.69, 9.17) is 9.15 Å². The van der Waals surface area contributed by atoms with Gasteiger partial charge in [-0.25, -0.2) is 8.42 Å². The van der Waals surface area contributed by atoms with Crippen LogP contribution in [0.3, 0.4) is 0 Å². The van der Waals surface area contributed by atoms with E-state index < -0.39 is 10.0 Å². The van der Waals surface area contributed by atoms with Gasteiger partial charge in [-0.15, -0.1) is 0 Å². The molecule has 1 fully saturated rings. The minimum atomic E-state index is -3.81. The summed E-state index contributed by atoms with van der Waals surface area (Å²) in [5.41, 5.74) is 0.680. The van der Waals surface area contributed by atoms with Gasteiger partial charge in [-0.3, -0.25) is 14.4 Å². The van der Waals surface area contributed by atoms with Crippen molar-refractivity contribution in [1.82, 2.24) is 10.2 Å². The summed E-state index contributed by atoms with van der Waals surface area (Å²) in [5.74, 6) is 1.15. The first kappa shape index (κ1) is 24.8. The van der Waals surface area contributed by atoms with E-state index in [0.29, 0.717) is 30.2 Å². The Morgan fingerprint density at radius 1 is 1.06 bits per heavy atom. The Kier molecular flexibility index (Phi) is 8.09. The van der Waals surface area contributed by atoms with Crippen LogP contribution >= 0.6 is 0 Å². The zero-order chi connectivity index (χ0) is 24.7. The van der Waals surface area contributed by atoms with Gasteiger partial charge < -0.3 is 14.5 Å². The highest BCUT2D eigenvalue weighted by atomic mass is 32.2. The number of ether oxygens (including phenoxy) is 1. The van der Waals surface area contributed by atoms with Crippen LogP contribution in [0.4, 0.5) is 5.69 Å². The maximum Gasteiger partial charge on any atom is 0.261 e. The number of likely N-dealkylation sites (tertiary alicyclic amines) is 1. The van der Waals surface area contributed by atoms with Gasteiger partial charge in [0.1, 0.15) is 11.5 Å². The van der Waals surface area contributed by atoms with Crippen LogP contribution in [0.5, 0.6) is 5.75 Å². The molecule has 1 saturated heterocycles. The van der Waals surface area contributed by atoms with Gasteiger partial charge in [0, 0.05) is 17.8 Å². The fourth-order valence-electron chi connectivity index (χ4n) is 4.23. The van der Waals surface area contributed by atoms with Crippen molar-refractivity contribution < 1.29 is 22.4 Å². The van der Waals surface area contributed by atoms with Gasteiger partial charge in [0.2, 0.25) is 0 Å². The van der Waals surface area contributed by atoms with Crippen molar-refractivity contribution in [3.05, 3.63) is 78.3 Å². The number of hydrogen-bond acceptors (Lipinski definition) is 6. The number of nitrogens with one attached hydrogen (secondary N) is 2. The molecule has 1 atom stereocenters. The molecule has 9 heteroatoms. The lowest BCUT2D eigenvalue weighted by atomic mass is 10.1. The normalized spacial score (nSPS) is 15.3. The molecule has 0 radical (unpaired) electrons. The first-order valence-corrected chi connectivity index (χ1v) is 13.4. The van der Waals surface area contributed by atoms with E-state index in [0.717, 1.165) is 31.7 Å². The lowest BCUT2D eigenvalue weighted by Crippen LogP contribution is -2.40. The lowest BCUT2D eigenvalue weighted by Gasteiger charge is -2.33. The smallest absolute Gasteiger partial charge is 0.261 e. The third-order valence-corrected chi connectivity index (χ3v) is 7.38. The number of amides is 1. The van der Waals surface area contributed by atoms with Crippen LogP contribution in [0.1, 0.15) is 48.3 Å². The number of carbonyl (C=O) groups excluding carboxylic acids is 1. The summed E-state index contributed by atoms with van der Waals surface area (Å²) in [6.45, 7) is 4.68. The van der Waals surface area contributed by atoms with E-state index in [2.05, 4.69) is 14.9 Å². The number of sulfonamides is 1. The Morgan fingerprint density at radius 3 is 2.51 bits per heavy atom. The maximum absolute atomic E-state index is 12.9. The van der Waals surface area contributed by atoms with E-state index in [-0.39, 0.29) is 16.8 Å². The fraction of sp³-hybridized carbons (Fsp3) is 0.346. The highest BCUT2D eigenvalue weighted by molar-refractivity contribution is 7.92. The second-order valence-corrected chi connectivity index (χ2v) is 10.1. The molecule has 186 valence electrons. The van der Waals surface area contributed by atoms with Crippen LogP contribution in [0.25, 0.3) is 0 Å². The Bertz CT molecular complexity index is 1200. The van der Waals surface area contributed by atoms with Crippen LogP contribution in [0.2, 0.25) is 0 Å². The maximum atomic E-state index is 12.9. The van der Waals surface area contributed by atoms with Crippen LogP contribution in [0.15, 0.2) is 76.2 Å². The first-order valence-electron chi connectivity index (χ1n) is 11.9. The summed E-state index contributed by atoms with van der Waals surface area (Å²) >= 11 is 0. The number of anilines is 1. The molecule has 0 spiro atoms. The van der Waals surface area contributed by atoms with Crippen LogP contribution < -0.4 is 14.8 Å². The highest BCUT2D eigenvalue weighted by Gasteiger charge is 2.25. The largest absolute Gasteiger partial charge is 0.494 e. The standard InChI is InChI=1S/C26H31N3O5S/c1-2-33-22-11-13-23(14-12-22)35(31,32)28-21-9-6-8-20(18-21)26(30)27-19-24(25-10-7-17-34-25)29-15-4-3-5-16-29/h6-14,17-18,24,28H,2-5,15-16,19H2,1H3,(H,27,30)/t24-/m1/s1. The topological polar surface area (TPSA) is 101 Å². The van der Waals surface area contributed by atoms with Crippen molar-refractivity contribution in [1.29, 1.82) is 0 Å². The Labute approximate surface area is 206 Å². The number of benzene rings is 2. The van der Waals surface area contributed by atoms with E-state index in [1.54, 1.807) is 36.6 Å².